The lowest BCUT2D eigenvalue weighted by atomic mass is 10.3. The van der Waals surface area contributed by atoms with E-state index in [1.54, 1.807) is 6.92 Å². The topological polar surface area (TPSA) is 97.2 Å². The monoisotopic (exact) mass is 287 g/mol. The molecule has 0 bridgehead atoms. The van der Waals surface area contributed by atoms with Crippen molar-refractivity contribution in [3.63, 3.8) is 0 Å². The van der Waals surface area contributed by atoms with Crippen LogP contribution in [-0.2, 0) is 16.6 Å². The normalized spacial score (nSPS) is 19.2. The highest BCUT2D eigenvalue weighted by Crippen LogP contribution is 2.08. The van der Waals surface area contributed by atoms with Gasteiger partial charge in [0, 0.05) is 19.6 Å². The first-order chi connectivity index (χ1) is 8.93. The van der Waals surface area contributed by atoms with Gasteiger partial charge in [0.15, 0.2) is 5.69 Å². The third kappa shape index (κ3) is 3.10. The molecule has 9 heteroatoms. The van der Waals surface area contributed by atoms with Gasteiger partial charge in [0.1, 0.15) is 0 Å². The zero-order chi connectivity index (χ0) is 14.0. The molecule has 1 saturated heterocycles. The maximum Gasteiger partial charge on any atom is 0.276 e. The summed E-state index contributed by atoms with van der Waals surface area (Å²) in [6.07, 6.45) is 0. The third-order valence-electron chi connectivity index (χ3n) is 2.93. The molecular formula is C10H17N5O3S. The summed E-state index contributed by atoms with van der Waals surface area (Å²) in [5.74, 6) is -0.351. The molecule has 106 valence electrons. The molecule has 1 fully saturated rings. The van der Waals surface area contributed by atoms with Crippen molar-refractivity contribution in [1.82, 2.24) is 24.6 Å². The highest BCUT2D eigenvalue weighted by molar-refractivity contribution is 7.89. The van der Waals surface area contributed by atoms with Crippen molar-refractivity contribution in [2.45, 2.75) is 20.4 Å². The minimum Gasteiger partial charge on any atom is -0.335 e. The van der Waals surface area contributed by atoms with Gasteiger partial charge in [0.2, 0.25) is 10.0 Å². The molecule has 1 aliphatic heterocycles. The Morgan fingerprint density at radius 3 is 2.74 bits per heavy atom. The second-order valence-electron chi connectivity index (χ2n) is 4.33. The predicted octanol–water partition coefficient (Wildman–Crippen LogP) is -1.02. The van der Waals surface area contributed by atoms with Gasteiger partial charge in [0.25, 0.3) is 5.91 Å². The van der Waals surface area contributed by atoms with Crippen molar-refractivity contribution in [3.05, 3.63) is 11.4 Å². The van der Waals surface area contributed by atoms with Crippen molar-refractivity contribution in [1.29, 1.82) is 0 Å². The number of nitrogens with one attached hydrogen (secondary N) is 1. The average Bonchev–Trinajstić information content (AvgIpc) is 2.63. The molecule has 0 spiro atoms. The molecule has 1 amide bonds. The van der Waals surface area contributed by atoms with Crippen LogP contribution in [0.4, 0.5) is 0 Å². The van der Waals surface area contributed by atoms with Crippen molar-refractivity contribution in [2.75, 3.05) is 25.4 Å². The number of nitrogens with zero attached hydrogens (tertiary/aromatic N) is 4. The van der Waals surface area contributed by atoms with Crippen LogP contribution in [0.25, 0.3) is 0 Å². The summed E-state index contributed by atoms with van der Waals surface area (Å²) in [4.78, 5) is 15.2. The summed E-state index contributed by atoms with van der Waals surface area (Å²) in [5.41, 5.74) is 0.855. The lowest BCUT2D eigenvalue weighted by Crippen LogP contribution is -2.35. The fraction of sp³-hybridized carbons (Fsp3) is 0.700. The molecular weight excluding hydrogens is 270 g/mol. The van der Waals surface area contributed by atoms with Crippen molar-refractivity contribution in [2.24, 2.45) is 0 Å². The molecule has 0 aromatic carbocycles. The van der Waals surface area contributed by atoms with Crippen molar-refractivity contribution >= 4 is 15.9 Å². The van der Waals surface area contributed by atoms with Gasteiger partial charge in [-0.3, -0.25) is 4.79 Å². The minimum absolute atomic E-state index is 0.0836. The molecule has 0 aliphatic carbocycles. The number of carbonyl (C=O) groups excluding carboxylic acids is 1. The molecule has 2 rings (SSSR count). The fourth-order valence-electron chi connectivity index (χ4n) is 1.87. The van der Waals surface area contributed by atoms with Gasteiger partial charge in [-0.05, 0) is 13.8 Å². The first kappa shape index (κ1) is 13.9. The maximum atomic E-state index is 12.3. The van der Waals surface area contributed by atoms with Crippen LogP contribution in [0, 0.1) is 6.92 Å². The van der Waals surface area contributed by atoms with Gasteiger partial charge in [-0.15, -0.1) is 5.10 Å². The van der Waals surface area contributed by atoms with Gasteiger partial charge in [-0.1, -0.05) is 0 Å². The molecule has 1 aliphatic rings. The summed E-state index contributed by atoms with van der Waals surface area (Å²) in [6, 6.07) is 0. The Morgan fingerprint density at radius 2 is 2.11 bits per heavy atom. The Balaban J connectivity index is 2.17. The van der Waals surface area contributed by atoms with Gasteiger partial charge >= 0.3 is 0 Å². The van der Waals surface area contributed by atoms with E-state index in [2.05, 4.69) is 14.9 Å². The Morgan fingerprint density at radius 1 is 1.37 bits per heavy atom. The van der Waals surface area contributed by atoms with Crippen LogP contribution in [0.5, 0.6) is 0 Å². The van der Waals surface area contributed by atoms with Gasteiger partial charge in [-0.25, -0.2) is 13.1 Å². The third-order valence-corrected chi connectivity index (χ3v) is 4.29. The highest BCUT2D eigenvalue weighted by Gasteiger charge is 2.26. The number of amides is 1. The standard InChI is InChI=1S/C10H17N5O3S/c1-3-15-12-8(2)9(13-15)10(16)14-5-4-11-19(17,18)7-6-14/h11H,3-7H2,1-2H3. The SMILES string of the molecule is CCn1nc(C)c(C(=O)N2CCNS(=O)(=O)CC2)n1. The first-order valence-electron chi connectivity index (χ1n) is 6.11. The van der Waals surface area contributed by atoms with E-state index in [1.807, 2.05) is 6.92 Å². The summed E-state index contributed by atoms with van der Waals surface area (Å²) < 4.78 is 25.2. The van der Waals surface area contributed by atoms with Crippen LogP contribution < -0.4 is 4.72 Å². The van der Waals surface area contributed by atoms with Gasteiger partial charge in [0.05, 0.1) is 18.0 Å². The van der Waals surface area contributed by atoms with Gasteiger partial charge in [-0.2, -0.15) is 9.90 Å². The van der Waals surface area contributed by atoms with Crippen LogP contribution in [0.1, 0.15) is 23.1 Å². The largest absolute Gasteiger partial charge is 0.335 e. The highest BCUT2D eigenvalue weighted by atomic mass is 32.2. The van der Waals surface area contributed by atoms with Crippen LogP contribution in [-0.4, -0.2) is 59.6 Å². The maximum absolute atomic E-state index is 12.3. The van der Waals surface area contributed by atoms with Crippen LogP contribution in [0.2, 0.25) is 0 Å². The van der Waals surface area contributed by atoms with Gasteiger partial charge < -0.3 is 4.90 Å². The Bertz CT molecular complexity index is 580. The number of carbonyl (C=O) groups is 1. The zero-order valence-electron chi connectivity index (χ0n) is 11.0. The van der Waals surface area contributed by atoms with E-state index < -0.39 is 10.0 Å². The van der Waals surface area contributed by atoms with Crippen molar-refractivity contribution in [3.8, 4) is 0 Å². The van der Waals surface area contributed by atoms with Crippen molar-refractivity contribution < 1.29 is 13.2 Å². The van der Waals surface area contributed by atoms with Crippen LogP contribution >= 0.6 is 0 Å². The van der Waals surface area contributed by atoms with E-state index in [-0.39, 0.29) is 24.7 Å². The molecule has 0 unspecified atom stereocenters. The average molecular weight is 287 g/mol. The van der Waals surface area contributed by atoms with E-state index in [0.29, 0.717) is 24.5 Å². The van der Waals surface area contributed by atoms with E-state index in [0.717, 1.165) is 0 Å². The first-order valence-corrected chi connectivity index (χ1v) is 7.76. The lowest BCUT2D eigenvalue weighted by molar-refractivity contribution is 0.0764. The molecule has 0 saturated carbocycles. The van der Waals surface area contributed by atoms with E-state index in [4.69, 9.17) is 0 Å². The zero-order valence-corrected chi connectivity index (χ0v) is 11.8. The molecule has 1 aromatic rings. The van der Waals surface area contributed by atoms with E-state index >= 15 is 0 Å². The number of hydrogen-bond donors (Lipinski definition) is 1. The number of aryl methyl sites for hydroxylation is 2. The molecule has 0 radical (unpaired) electrons. The Labute approximate surface area is 111 Å². The van der Waals surface area contributed by atoms with E-state index in [1.165, 1.54) is 9.70 Å². The Kier molecular flexibility index (Phi) is 3.85. The molecule has 0 atom stereocenters. The number of aromatic nitrogens is 3. The minimum atomic E-state index is -3.26. The smallest absolute Gasteiger partial charge is 0.276 e. The number of hydrogen-bond acceptors (Lipinski definition) is 5. The second-order valence-corrected chi connectivity index (χ2v) is 6.25. The summed E-state index contributed by atoms with van der Waals surface area (Å²) >= 11 is 0. The second kappa shape index (κ2) is 5.25. The number of rotatable bonds is 2. The summed E-state index contributed by atoms with van der Waals surface area (Å²) in [7, 11) is -3.26. The van der Waals surface area contributed by atoms with Crippen LogP contribution in [0.3, 0.4) is 0 Å². The molecule has 8 nitrogen and oxygen atoms in total. The molecule has 1 aromatic heterocycles. The van der Waals surface area contributed by atoms with Crippen LogP contribution in [0.15, 0.2) is 0 Å². The predicted molar refractivity (Wildman–Crippen MR) is 68.1 cm³/mol. The number of sulfonamides is 1. The molecule has 1 N–H and O–H groups in total. The van der Waals surface area contributed by atoms with E-state index in [9.17, 15) is 13.2 Å². The quantitative estimate of drug-likeness (QED) is 0.751. The fourth-order valence-corrected chi connectivity index (χ4v) is 2.88. The Hall–Kier alpha value is -1.48. The lowest BCUT2D eigenvalue weighted by Gasteiger charge is -2.17. The summed E-state index contributed by atoms with van der Waals surface area (Å²) in [5, 5.41) is 8.24. The molecule has 19 heavy (non-hydrogen) atoms. The molecule has 2 heterocycles. The summed E-state index contributed by atoms with van der Waals surface area (Å²) in [6.45, 7) is 4.94.